The maximum Gasteiger partial charge on any atom is 0.00476 e. The third-order valence-corrected chi connectivity index (χ3v) is 3.83. The molecular weight excluding hydrogens is 208 g/mol. The van der Waals surface area contributed by atoms with Crippen LogP contribution in [0.5, 0.6) is 0 Å². The Hall–Kier alpha value is -0.0800. The van der Waals surface area contributed by atoms with Gasteiger partial charge < -0.3 is 9.80 Å². The normalized spacial score (nSPS) is 27.5. The van der Waals surface area contributed by atoms with Crippen molar-refractivity contribution in [1.29, 1.82) is 0 Å². The molecule has 0 bridgehead atoms. The lowest BCUT2D eigenvalue weighted by Crippen LogP contribution is -2.43. The summed E-state index contributed by atoms with van der Waals surface area (Å²) >= 11 is 0. The average molecular weight is 240 g/mol. The van der Waals surface area contributed by atoms with Gasteiger partial charge in [-0.05, 0) is 44.7 Å². The van der Waals surface area contributed by atoms with E-state index in [1.165, 1.54) is 32.6 Å². The molecule has 0 N–H and O–H groups in total. The summed E-state index contributed by atoms with van der Waals surface area (Å²) in [4.78, 5) is 5.17. The van der Waals surface area contributed by atoms with Gasteiger partial charge in [0.05, 0.1) is 0 Å². The summed E-state index contributed by atoms with van der Waals surface area (Å²) < 4.78 is 0. The van der Waals surface area contributed by atoms with E-state index in [4.69, 9.17) is 0 Å². The molecule has 0 spiro atoms. The molecule has 1 heterocycles. The Labute approximate surface area is 108 Å². The fraction of sp³-hybridized carbons (Fsp3) is 1.00. The zero-order chi connectivity index (χ0) is 13.3. The lowest BCUT2D eigenvalue weighted by atomic mass is 9.88. The highest BCUT2D eigenvalue weighted by molar-refractivity contribution is 4.84. The van der Waals surface area contributed by atoms with Gasteiger partial charge in [-0.15, -0.1) is 0 Å². The summed E-state index contributed by atoms with van der Waals surface area (Å²) in [6.07, 6.45) is 1.30. The lowest BCUT2D eigenvalue weighted by molar-refractivity contribution is 0.124. The third kappa shape index (κ3) is 4.97. The van der Waals surface area contributed by atoms with Gasteiger partial charge in [0, 0.05) is 25.7 Å². The van der Waals surface area contributed by atoms with Crippen molar-refractivity contribution in [2.45, 2.75) is 54.0 Å². The Morgan fingerprint density at radius 1 is 0.882 bits per heavy atom. The van der Waals surface area contributed by atoms with E-state index in [2.05, 4.69) is 58.4 Å². The summed E-state index contributed by atoms with van der Waals surface area (Å²) in [5.41, 5.74) is 0.821. The predicted molar refractivity (Wildman–Crippen MR) is 76.4 cm³/mol. The van der Waals surface area contributed by atoms with Gasteiger partial charge in [0.2, 0.25) is 0 Å². The van der Waals surface area contributed by atoms with E-state index in [9.17, 15) is 0 Å². The largest absolute Gasteiger partial charge is 0.305 e. The second-order valence-corrected chi connectivity index (χ2v) is 7.81. The Morgan fingerprint density at radius 3 is 1.94 bits per heavy atom. The highest BCUT2D eigenvalue weighted by Crippen LogP contribution is 2.28. The molecular formula is C15H32N2. The molecule has 0 aromatic heterocycles. The molecule has 102 valence electrons. The van der Waals surface area contributed by atoms with Crippen LogP contribution < -0.4 is 0 Å². The van der Waals surface area contributed by atoms with Gasteiger partial charge in [0.15, 0.2) is 0 Å². The first-order chi connectivity index (χ1) is 7.61. The molecule has 1 saturated heterocycles. The molecule has 0 atom stereocenters. The third-order valence-electron chi connectivity index (χ3n) is 3.83. The summed E-state index contributed by atoms with van der Waals surface area (Å²) in [6, 6.07) is 0.661. The average Bonchev–Trinajstić information content (AvgIpc) is 2.11. The minimum Gasteiger partial charge on any atom is -0.305 e. The van der Waals surface area contributed by atoms with Gasteiger partial charge in [-0.3, -0.25) is 0 Å². The van der Waals surface area contributed by atoms with E-state index < -0.39 is 0 Å². The molecule has 1 aliphatic heterocycles. The fourth-order valence-corrected chi connectivity index (χ4v) is 3.16. The molecule has 0 aromatic rings. The first-order valence-corrected chi connectivity index (χ1v) is 7.04. The molecule has 0 radical (unpaired) electrons. The van der Waals surface area contributed by atoms with E-state index >= 15 is 0 Å². The summed E-state index contributed by atoms with van der Waals surface area (Å²) in [5.74, 6) is 0. The van der Waals surface area contributed by atoms with Gasteiger partial charge >= 0.3 is 0 Å². The van der Waals surface area contributed by atoms with E-state index in [1.54, 1.807) is 0 Å². The van der Waals surface area contributed by atoms with Crippen LogP contribution in [-0.4, -0.2) is 49.1 Å². The van der Waals surface area contributed by atoms with E-state index in [1.807, 2.05) is 0 Å². The Balaban J connectivity index is 2.82. The Bertz CT molecular complexity index is 243. The van der Waals surface area contributed by atoms with E-state index in [0.29, 0.717) is 16.9 Å². The number of hydrogen-bond donors (Lipinski definition) is 0. The number of rotatable bonds is 1. The first kappa shape index (κ1) is 15.0. The lowest BCUT2D eigenvalue weighted by Gasteiger charge is -2.36. The van der Waals surface area contributed by atoms with Crippen LogP contribution >= 0.6 is 0 Å². The fourth-order valence-electron chi connectivity index (χ4n) is 3.16. The van der Waals surface area contributed by atoms with Crippen molar-refractivity contribution < 1.29 is 0 Å². The monoisotopic (exact) mass is 240 g/mol. The van der Waals surface area contributed by atoms with Crippen LogP contribution in [0.2, 0.25) is 0 Å². The maximum absolute atomic E-state index is 2.65. The van der Waals surface area contributed by atoms with E-state index in [-0.39, 0.29) is 0 Å². The summed E-state index contributed by atoms with van der Waals surface area (Å²) in [5, 5.41) is 0. The number of nitrogens with zero attached hydrogens (tertiary/aromatic N) is 2. The molecule has 1 fully saturated rings. The predicted octanol–water partition coefficient (Wildman–Crippen LogP) is 3.08. The van der Waals surface area contributed by atoms with Crippen LogP contribution in [0, 0.1) is 10.8 Å². The van der Waals surface area contributed by atoms with Gasteiger partial charge in [0.25, 0.3) is 0 Å². The molecule has 1 rings (SSSR count). The summed E-state index contributed by atoms with van der Waals surface area (Å²) in [7, 11) is 2.27. The zero-order valence-corrected chi connectivity index (χ0v) is 13.0. The Morgan fingerprint density at radius 2 is 1.41 bits per heavy atom. The molecule has 2 nitrogen and oxygen atoms in total. The standard InChI is InChI=1S/C15H32N2/c1-13(2)17-9-8-14(3,4)10-16(7)11-15(5,6)12-17/h13H,8-12H2,1-7H3. The minimum absolute atomic E-state index is 0.388. The molecule has 0 unspecified atom stereocenters. The van der Waals surface area contributed by atoms with Crippen LogP contribution in [0.25, 0.3) is 0 Å². The quantitative estimate of drug-likeness (QED) is 0.695. The van der Waals surface area contributed by atoms with Crippen LogP contribution in [0.15, 0.2) is 0 Å². The molecule has 0 saturated carbocycles. The van der Waals surface area contributed by atoms with Crippen molar-refractivity contribution in [1.82, 2.24) is 9.80 Å². The van der Waals surface area contributed by atoms with Gasteiger partial charge in [-0.25, -0.2) is 0 Å². The van der Waals surface area contributed by atoms with Crippen molar-refractivity contribution in [3.05, 3.63) is 0 Å². The maximum atomic E-state index is 2.65. The van der Waals surface area contributed by atoms with Crippen LogP contribution in [0.4, 0.5) is 0 Å². The van der Waals surface area contributed by atoms with Crippen molar-refractivity contribution in [2.75, 3.05) is 33.2 Å². The van der Waals surface area contributed by atoms with E-state index in [0.717, 1.165) is 0 Å². The summed E-state index contributed by atoms with van der Waals surface area (Å²) in [6.45, 7) is 19.1. The minimum atomic E-state index is 0.388. The highest BCUT2D eigenvalue weighted by atomic mass is 15.2. The van der Waals surface area contributed by atoms with Crippen molar-refractivity contribution in [2.24, 2.45) is 10.8 Å². The molecule has 2 heteroatoms. The number of hydrogen-bond acceptors (Lipinski definition) is 2. The van der Waals surface area contributed by atoms with Crippen LogP contribution in [0.3, 0.4) is 0 Å². The topological polar surface area (TPSA) is 6.48 Å². The van der Waals surface area contributed by atoms with Gasteiger partial charge in [0.1, 0.15) is 0 Å². The molecule has 0 aliphatic carbocycles. The van der Waals surface area contributed by atoms with Crippen molar-refractivity contribution >= 4 is 0 Å². The SMILES string of the molecule is CC(C)N1CCC(C)(C)CN(C)CC(C)(C)C1. The molecule has 0 aromatic carbocycles. The van der Waals surface area contributed by atoms with Crippen LogP contribution in [0.1, 0.15) is 48.0 Å². The second-order valence-electron chi connectivity index (χ2n) is 7.81. The Kier molecular flexibility index (Phi) is 4.65. The van der Waals surface area contributed by atoms with Crippen molar-refractivity contribution in [3.8, 4) is 0 Å². The smallest absolute Gasteiger partial charge is 0.00476 e. The first-order valence-electron chi connectivity index (χ1n) is 7.04. The van der Waals surface area contributed by atoms with Crippen molar-refractivity contribution in [3.63, 3.8) is 0 Å². The molecule has 1 aliphatic rings. The van der Waals surface area contributed by atoms with Crippen LogP contribution in [-0.2, 0) is 0 Å². The zero-order valence-electron chi connectivity index (χ0n) is 13.0. The van der Waals surface area contributed by atoms with Gasteiger partial charge in [-0.2, -0.15) is 0 Å². The van der Waals surface area contributed by atoms with Gasteiger partial charge in [-0.1, -0.05) is 27.7 Å². The molecule has 17 heavy (non-hydrogen) atoms. The molecule has 0 amide bonds. The second kappa shape index (κ2) is 5.27. The highest BCUT2D eigenvalue weighted by Gasteiger charge is 2.30.